The molecule has 30 heavy (non-hydrogen) atoms. The lowest BCUT2D eigenvalue weighted by Gasteiger charge is -2.50. The van der Waals surface area contributed by atoms with Crippen molar-refractivity contribution in [2.45, 2.75) is 131 Å². The highest BCUT2D eigenvalue weighted by Crippen LogP contribution is 2.71. The fourth-order valence-electron chi connectivity index (χ4n) is 6.19. The summed E-state index contributed by atoms with van der Waals surface area (Å²) in [4.78, 5) is 0. The zero-order valence-corrected chi connectivity index (χ0v) is 24.0. The van der Waals surface area contributed by atoms with Crippen LogP contribution in [0.15, 0.2) is 0 Å². The highest BCUT2D eigenvalue weighted by molar-refractivity contribution is 6.74. The van der Waals surface area contributed by atoms with Gasteiger partial charge in [-0.3, -0.25) is 0 Å². The second-order valence-electron chi connectivity index (χ2n) is 13.8. The van der Waals surface area contributed by atoms with E-state index in [2.05, 4.69) is 87.3 Å². The molecule has 3 nitrogen and oxygen atoms in total. The highest BCUT2D eigenvalue weighted by atomic mass is 28.4. The highest BCUT2D eigenvalue weighted by Gasteiger charge is 2.66. The molecule has 2 aliphatic carbocycles. The van der Waals surface area contributed by atoms with Crippen LogP contribution >= 0.6 is 0 Å². The van der Waals surface area contributed by atoms with Gasteiger partial charge in [0.25, 0.3) is 0 Å². The third kappa shape index (κ3) is 4.63. The Morgan fingerprint density at radius 2 is 1.63 bits per heavy atom. The minimum absolute atomic E-state index is 0.0939. The average Bonchev–Trinajstić information content (AvgIpc) is 2.62. The zero-order valence-electron chi connectivity index (χ0n) is 22.0. The van der Waals surface area contributed by atoms with Gasteiger partial charge in [0.2, 0.25) is 0 Å². The number of hydrogen-bond donors (Lipinski definition) is 0. The van der Waals surface area contributed by atoms with E-state index in [9.17, 15) is 5.26 Å². The predicted octanol–water partition coefficient (Wildman–Crippen LogP) is 7.75. The van der Waals surface area contributed by atoms with Crippen LogP contribution in [0.3, 0.4) is 0 Å². The van der Waals surface area contributed by atoms with Gasteiger partial charge in [-0.1, -0.05) is 54.9 Å². The van der Waals surface area contributed by atoms with Crippen molar-refractivity contribution in [2.75, 3.05) is 0 Å². The third-order valence-electron chi connectivity index (χ3n) is 9.49. The fraction of sp³-hybridized carbons (Fsp3) is 0.960. The van der Waals surface area contributed by atoms with Crippen LogP contribution in [0.25, 0.3) is 0 Å². The van der Waals surface area contributed by atoms with Gasteiger partial charge in [-0.15, -0.1) is 0 Å². The van der Waals surface area contributed by atoms with Gasteiger partial charge < -0.3 is 8.85 Å². The normalized spacial score (nSPS) is 35.6. The summed E-state index contributed by atoms with van der Waals surface area (Å²) in [6.45, 7) is 28.3. The lowest BCUT2D eigenvalue weighted by molar-refractivity contribution is -0.0212. The van der Waals surface area contributed by atoms with E-state index in [-0.39, 0.29) is 27.4 Å². The minimum Gasteiger partial charge on any atom is -0.414 e. The van der Waals surface area contributed by atoms with E-state index in [4.69, 9.17) is 8.85 Å². The van der Waals surface area contributed by atoms with Crippen molar-refractivity contribution < 1.29 is 8.85 Å². The van der Waals surface area contributed by atoms with E-state index >= 15 is 0 Å². The maximum absolute atomic E-state index is 9.90. The molecule has 0 saturated heterocycles. The molecule has 2 bridgehead atoms. The van der Waals surface area contributed by atoms with E-state index in [0.29, 0.717) is 12.0 Å². The summed E-state index contributed by atoms with van der Waals surface area (Å²) in [6.07, 6.45) is 5.64. The fourth-order valence-corrected chi connectivity index (χ4v) is 8.57. The molecule has 0 N–H and O–H groups in total. The van der Waals surface area contributed by atoms with Crippen LogP contribution in [-0.4, -0.2) is 28.8 Å². The summed E-state index contributed by atoms with van der Waals surface area (Å²) in [6, 6.07) is 2.51. The first-order valence-corrected chi connectivity index (χ1v) is 18.4. The minimum atomic E-state index is -1.83. The van der Waals surface area contributed by atoms with Crippen molar-refractivity contribution in [2.24, 2.45) is 22.2 Å². The second-order valence-corrected chi connectivity index (χ2v) is 23.0. The average molecular weight is 452 g/mol. The molecule has 0 aromatic carbocycles. The first-order valence-electron chi connectivity index (χ1n) is 12.0. The topological polar surface area (TPSA) is 42.2 Å². The molecule has 174 valence electrons. The van der Waals surface area contributed by atoms with Crippen molar-refractivity contribution in [3.05, 3.63) is 0 Å². The summed E-state index contributed by atoms with van der Waals surface area (Å²) in [7, 11) is -3.59. The Balaban J connectivity index is 2.38. The van der Waals surface area contributed by atoms with E-state index in [0.717, 1.165) is 12.8 Å². The van der Waals surface area contributed by atoms with Crippen molar-refractivity contribution in [3.8, 4) is 6.07 Å². The zero-order chi connectivity index (χ0) is 23.4. The van der Waals surface area contributed by atoms with Crippen LogP contribution in [0.4, 0.5) is 0 Å². The van der Waals surface area contributed by atoms with Gasteiger partial charge in [0.05, 0.1) is 6.07 Å². The Labute approximate surface area is 189 Å². The Bertz CT molecular complexity index is 670. The molecule has 5 atom stereocenters. The molecule has 2 saturated carbocycles. The number of hydrogen-bond acceptors (Lipinski definition) is 3. The molecule has 0 spiro atoms. The molecule has 2 rings (SSSR count). The molecule has 1 unspecified atom stereocenters. The van der Waals surface area contributed by atoms with Gasteiger partial charge >= 0.3 is 0 Å². The lowest BCUT2D eigenvalue weighted by atomic mass is 9.55. The third-order valence-corrected chi connectivity index (χ3v) is 15.0. The van der Waals surface area contributed by atoms with E-state index in [1.54, 1.807) is 0 Å². The molecule has 2 aliphatic rings. The van der Waals surface area contributed by atoms with Gasteiger partial charge in [-0.25, -0.2) is 0 Å². The molecule has 0 radical (unpaired) electrons. The second kappa shape index (κ2) is 8.01. The SMILES string of the molecule is CC1(C)[C@H]2C[C@@](C)(CC(C#N)O[Si](C)(C)C)[C@]1(C)CCC[C@H]2O[Si](C)(C)C(C)(C)C. The van der Waals surface area contributed by atoms with E-state index in [1.165, 1.54) is 19.3 Å². The van der Waals surface area contributed by atoms with Gasteiger partial charge in [0, 0.05) is 6.10 Å². The van der Waals surface area contributed by atoms with Crippen molar-refractivity contribution in [3.63, 3.8) is 0 Å². The Hall–Kier alpha value is -0.156. The Kier molecular flexibility index (Phi) is 6.97. The van der Waals surface area contributed by atoms with Gasteiger partial charge in [-0.2, -0.15) is 5.26 Å². The van der Waals surface area contributed by atoms with Crippen molar-refractivity contribution in [1.29, 1.82) is 5.26 Å². The smallest absolute Gasteiger partial charge is 0.192 e. The van der Waals surface area contributed by atoms with Crippen LogP contribution < -0.4 is 0 Å². The maximum atomic E-state index is 9.90. The first-order chi connectivity index (χ1) is 13.3. The van der Waals surface area contributed by atoms with E-state index in [1.807, 2.05) is 0 Å². The molecule has 0 aromatic rings. The van der Waals surface area contributed by atoms with Crippen LogP contribution in [0.5, 0.6) is 0 Å². The monoisotopic (exact) mass is 451 g/mol. The van der Waals surface area contributed by atoms with Gasteiger partial charge in [0.1, 0.15) is 6.10 Å². The van der Waals surface area contributed by atoms with Crippen molar-refractivity contribution >= 4 is 16.6 Å². The number of fused-ring (bicyclic) bond motifs is 2. The number of nitrogens with zero attached hydrogens (tertiary/aromatic N) is 1. The molecule has 0 amide bonds. The number of rotatable bonds is 6. The summed E-state index contributed by atoms with van der Waals surface area (Å²) >= 11 is 0. The van der Waals surface area contributed by atoms with Gasteiger partial charge in [0.15, 0.2) is 16.6 Å². The van der Waals surface area contributed by atoms with Gasteiger partial charge in [-0.05, 0) is 85.6 Å². The largest absolute Gasteiger partial charge is 0.414 e. The predicted molar refractivity (Wildman–Crippen MR) is 132 cm³/mol. The maximum Gasteiger partial charge on any atom is 0.192 e. The first kappa shape index (κ1) is 26.1. The molecule has 0 aromatic heterocycles. The Morgan fingerprint density at radius 1 is 1.07 bits per heavy atom. The summed E-state index contributed by atoms with van der Waals surface area (Å²) in [5.41, 5.74) is 0.467. The Morgan fingerprint density at radius 3 is 2.10 bits per heavy atom. The van der Waals surface area contributed by atoms with E-state index < -0.39 is 16.6 Å². The quantitative estimate of drug-likeness (QED) is 0.387. The van der Waals surface area contributed by atoms with Crippen molar-refractivity contribution in [1.82, 2.24) is 0 Å². The van der Waals surface area contributed by atoms with Crippen LogP contribution in [0.2, 0.25) is 37.8 Å². The van der Waals surface area contributed by atoms with Crippen LogP contribution in [0.1, 0.15) is 80.6 Å². The standard InChI is InChI=1S/C25H49NO2Si2/c1-22(2,3)30(11,12)28-21-14-13-15-25(7)23(4,5)20(21)17-24(25,6)16-19(18-26)27-29(8,9)10/h19-21H,13-17H2,1-12H3/t19?,20-,21+,24+,25+/m0/s1. The molecule has 2 fully saturated rings. The molecular formula is C25H49NO2Si2. The summed E-state index contributed by atoms with van der Waals surface area (Å²) in [5, 5.41) is 10.1. The van der Waals surface area contributed by atoms with Crippen LogP contribution in [-0.2, 0) is 8.85 Å². The summed E-state index contributed by atoms with van der Waals surface area (Å²) in [5.74, 6) is 0.537. The molecule has 0 aliphatic heterocycles. The summed E-state index contributed by atoms with van der Waals surface area (Å²) < 4.78 is 13.4. The van der Waals surface area contributed by atoms with Crippen LogP contribution in [0, 0.1) is 33.5 Å². The number of nitriles is 1. The molecule has 0 heterocycles. The lowest BCUT2D eigenvalue weighted by Crippen LogP contribution is -2.48. The molecular weight excluding hydrogens is 402 g/mol. The molecule has 5 heteroatoms.